The summed E-state index contributed by atoms with van der Waals surface area (Å²) in [6, 6.07) is 0. The van der Waals surface area contributed by atoms with E-state index in [9.17, 15) is 24.9 Å². The molecule has 5 aliphatic rings. The number of aliphatic hydroxyl groups excluding tert-OH is 3. The summed E-state index contributed by atoms with van der Waals surface area (Å²) >= 11 is 0. The number of carbonyl (C=O) groups is 2. The van der Waals surface area contributed by atoms with Gasteiger partial charge in [-0.2, -0.15) is 0 Å². The molecule has 0 amide bonds. The van der Waals surface area contributed by atoms with Crippen molar-refractivity contribution in [3.8, 4) is 0 Å². The zero-order valence-electron chi connectivity index (χ0n) is 23.1. The van der Waals surface area contributed by atoms with Crippen molar-refractivity contribution in [2.24, 2.45) is 45.3 Å². The van der Waals surface area contributed by atoms with E-state index in [1.807, 2.05) is 27.7 Å². The maximum atomic E-state index is 14.3. The summed E-state index contributed by atoms with van der Waals surface area (Å²) < 4.78 is 6.34. The van der Waals surface area contributed by atoms with Crippen LogP contribution in [0.25, 0.3) is 0 Å². The van der Waals surface area contributed by atoms with Crippen molar-refractivity contribution >= 4 is 11.6 Å². The van der Waals surface area contributed by atoms with Crippen LogP contribution in [0.4, 0.5) is 0 Å². The largest absolute Gasteiger partial charge is 0.483 e. The summed E-state index contributed by atoms with van der Waals surface area (Å²) in [5.41, 5.74) is -2.52. The molecule has 6 heteroatoms. The van der Waals surface area contributed by atoms with E-state index in [4.69, 9.17) is 4.74 Å². The normalized spacial score (nSPS) is 51.8. The molecule has 0 bridgehead atoms. The van der Waals surface area contributed by atoms with Gasteiger partial charge >= 0.3 is 0 Å². The third-order valence-corrected chi connectivity index (χ3v) is 11.9. The summed E-state index contributed by atoms with van der Waals surface area (Å²) in [4.78, 5) is 27.7. The molecular formula is C30H44O6. The highest BCUT2D eigenvalue weighted by Gasteiger charge is 2.75. The Morgan fingerprint density at radius 3 is 2.19 bits per heavy atom. The molecule has 3 saturated carbocycles. The first kappa shape index (κ1) is 26.1. The maximum Gasteiger partial charge on any atom is 0.202 e. The molecule has 0 radical (unpaired) electrons. The molecule has 200 valence electrons. The molecule has 36 heavy (non-hydrogen) atoms. The Morgan fingerprint density at radius 2 is 1.61 bits per heavy atom. The predicted molar refractivity (Wildman–Crippen MR) is 136 cm³/mol. The Kier molecular flexibility index (Phi) is 5.47. The van der Waals surface area contributed by atoms with Gasteiger partial charge in [-0.25, -0.2) is 0 Å². The van der Waals surface area contributed by atoms with Crippen molar-refractivity contribution in [2.75, 3.05) is 0 Å². The highest BCUT2D eigenvalue weighted by molar-refractivity contribution is 6.00. The molecule has 4 aliphatic carbocycles. The van der Waals surface area contributed by atoms with Crippen molar-refractivity contribution in [2.45, 2.75) is 105 Å². The molecule has 3 fully saturated rings. The van der Waals surface area contributed by atoms with E-state index in [0.717, 1.165) is 5.57 Å². The van der Waals surface area contributed by atoms with E-state index in [0.29, 0.717) is 25.0 Å². The number of hydrogen-bond donors (Lipinski definition) is 3. The fourth-order valence-electron chi connectivity index (χ4n) is 9.63. The fourth-order valence-corrected chi connectivity index (χ4v) is 9.63. The van der Waals surface area contributed by atoms with Crippen LogP contribution in [-0.2, 0) is 14.3 Å². The van der Waals surface area contributed by atoms with Crippen LogP contribution in [0.3, 0.4) is 0 Å². The molecule has 10 atom stereocenters. The quantitative estimate of drug-likeness (QED) is 0.496. The summed E-state index contributed by atoms with van der Waals surface area (Å²) in [6.45, 7) is 16.0. The third-order valence-electron chi connectivity index (χ3n) is 11.9. The molecule has 0 spiro atoms. The lowest BCUT2D eigenvalue weighted by Gasteiger charge is -2.65. The molecule has 1 heterocycles. The number of ketones is 2. The lowest BCUT2D eigenvalue weighted by Crippen LogP contribution is -2.65. The lowest BCUT2D eigenvalue weighted by atomic mass is 9.38. The molecule has 0 aromatic carbocycles. The second-order valence-electron chi connectivity index (χ2n) is 14.2. The standard InChI is InChI=1S/C30H44O6/c1-15(2)20-12-22(33)30(8,36-20)24-19(32)13-27(5)21-10-9-16-17(11-18(31)25(35)26(16,3)4)29(21,7)23(34)14-28(24,27)6/h9,12,15,17-19,21,24-25,31-32,35H,10-11,13-14H2,1-8H3. The second-order valence-corrected chi connectivity index (χ2v) is 14.2. The third kappa shape index (κ3) is 2.90. The van der Waals surface area contributed by atoms with Crippen molar-refractivity contribution in [3.05, 3.63) is 23.5 Å². The first-order valence-corrected chi connectivity index (χ1v) is 13.7. The minimum Gasteiger partial charge on any atom is -0.483 e. The van der Waals surface area contributed by atoms with Gasteiger partial charge in [-0.3, -0.25) is 9.59 Å². The average Bonchev–Trinajstić information content (AvgIpc) is 3.17. The Labute approximate surface area is 215 Å². The minimum absolute atomic E-state index is 0.0551. The number of hydrogen-bond acceptors (Lipinski definition) is 6. The molecule has 10 unspecified atom stereocenters. The van der Waals surface area contributed by atoms with E-state index in [1.165, 1.54) is 0 Å². The molecule has 5 rings (SSSR count). The topological polar surface area (TPSA) is 104 Å². The first-order chi connectivity index (χ1) is 16.5. The number of ether oxygens (including phenoxy) is 1. The van der Waals surface area contributed by atoms with Crippen LogP contribution in [0, 0.1) is 45.3 Å². The molecule has 1 aliphatic heterocycles. The SMILES string of the molecule is CC(C)C1=CC(=O)C(C)(C2C(O)CC3(C)C4CC=C5C(CC(O)C(O)C5(C)C)C4(C)C(=O)CC23C)O1. The summed E-state index contributed by atoms with van der Waals surface area (Å²) in [7, 11) is 0. The van der Waals surface area contributed by atoms with E-state index in [-0.39, 0.29) is 35.7 Å². The van der Waals surface area contributed by atoms with Crippen LogP contribution >= 0.6 is 0 Å². The predicted octanol–water partition coefficient (Wildman–Crippen LogP) is 3.97. The van der Waals surface area contributed by atoms with Crippen LogP contribution < -0.4 is 0 Å². The lowest BCUT2D eigenvalue weighted by molar-refractivity contribution is -0.187. The van der Waals surface area contributed by atoms with E-state index in [1.54, 1.807) is 13.0 Å². The van der Waals surface area contributed by atoms with Gasteiger partial charge in [0.2, 0.25) is 5.78 Å². The highest BCUT2D eigenvalue weighted by atomic mass is 16.5. The van der Waals surface area contributed by atoms with Crippen molar-refractivity contribution < 1.29 is 29.6 Å². The summed E-state index contributed by atoms with van der Waals surface area (Å²) in [5.74, 6) is -0.0242. The van der Waals surface area contributed by atoms with Gasteiger partial charge in [-0.1, -0.05) is 60.1 Å². The van der Waals surface area contributed by atoms with Crippen LogP contribution in [0.2, 0.25) is 0 Å². The van der Waals surface area contributed by atoms with Gasteiger partial charge < -0.3 is 20.1 Å². The Balaban J connectivity index is 1.60. The van der Waals surface area contributed by atoms with Gasteiger partial charge in [-0.15, -0.1) is 0 Å². The van der Waals surface area contributed by atoms with Gasteiger partial charge in [0.1, 0.15) is 11.5 Å². The van der Waals surface area contributed by atoms with Crippen molar-refractivity contribution in [1.82, 2.24) is 0 Å². The van der Waals surface area contributed by atoms with Gasteiger partial charge in [0.05, 0.1) is 18.3 Å². The van der Waals surface area contributed by atoms with Crippen molar-refractivity contribution in [1.29, 1.82) is 0 Å². The van der Waals surface area contributed by atoms with Crippen LogP contribution in [-0.4, -0.2) is 50.8 Å². The van der Waals surface area contributed by atoms with Gasteiger partial charge in [0.25, 0.3) is 0 Å². The van der Waals surface area contributed by atoms with Gasteiger partial charge in [0.15, 0.2) is 5.60 Å². The number of rotatable bonds is 2. The van der Waals surface area contributed by atoms with Gasteiger partial charge in [-0.05, 0) is 48.9 Å². The van der Waals surface area contributed by atoms with Crippen LogP contribution in [0.15, 0.2) is 23.5 Å². The summed E-state index contributed by atoms with van der Waals surface area (Å²) in [5, 5.41) is 33.2. The Bertz CT molecular complexity index is 1070. The second kappa shape index (κ2) is 7.54. The number of carbonyl (C=O) groups excluding carboxylic acids is 2. The minimum atomic E-state index is -1.21. The number of aliphatic hydroxyl groups is 3. The smallest absolute Gasteiger partial charge is 0.202 e. The Morgan fingerprint density at radius 1 is 0.972 bits per heavy atom. The number of fused-ring (bicyclic) bond motifs is 5. The van der Waals surface area contributed by atoms with Gasteiger partial charge in [0, 0.05) is 35.2 Å². The van der Waals surface area contributed by atoms with E-state index >= 15 is 0 Å². The van der Waals surface area contributed by atoms with E-state index in [2.05, 4.69) is 26.8 Å². The Hall–Kier alpha value is -1.50. The summed E-state index contributed by atoms with van der Waals surface area (Å²) in [6.07, 6.45) is 3.03. The molecule has 0 aromatic heterocycles. The molecular weight excluding hydrogens is 456 g/mol. The molecule has 6 nitrogen and oxygen atoms in total. The monoisotopic (exact) mass is 500 g/mol. The zero-order chi connectivity index (χ0) is 26.8. The van der Waals surface area contributed by atoms with Crippen molar-refractivity contribution in [3.63, 3.8) is 0 Å². The highest BCUT2D eigenvalue weighted by Crippen LogP contribution is 2.74. The molecule has 0 aromatic rings. The van der Waals surface area contributed by atoms with Crippen LogP contribution in [0.5, 0.6) is 0 Å². The van der Waals surface area contributed by atoms with E-state index < -0.39 is 51.5 Å². The average molecular weight is 501 g/mol. The maximum absolute atomic E-state index is 14.3. The zero-order valence-corrected chi connectivity index (χ0v) is 23.1. The van der Waals surface area contributed by atoms with Crippen LogP contribution in [0.1, 0.15) is 81.1 Å². The fraction of sp³-hybridized carbons (Fsp3) is 0.800. The number of allylic oxidation sites excluding steroid dienone is 2. The molecule has 0 saturated heterocycles. The number of Topliss-reactive ketones (excluding diaryl/α,β-unsaturated/α-hetero) is 1. The first-order valence-electron chi connectivity index (χ1n) is 13.7. The molecule has 3 N–H and O–H groups in total.